The first-order valence-corrected chi connectivity index (χ1v) is 6.86. The molecule has 14 heavy (non-hydrogen) atoms. The van der Waals surface area contributed by atoms with Gasteiger partial charge in [-0.3, -0.25) is 4.57 Å². The molecule has 1 N–H and O–H groups in total. The molecular weight excluding hydrogens is 195 g/mol. The van der Waals surface area contributed by atoms with Crippen molar-refractivity contribution in [3.63, 3.8) is 0 Å². The molecule has 78 valence electrons. The Morgan fingerprint density at radius 1 is 1.29 bits per heavy atom. The third-order valence-corrected chi connectivity index (χ3v) is 4.52. The van der Waals surface area contributed by atoms with Gasteiger partial charge in [0.2, 0.25) is 7.37 Å². The minimum atomic E-state index is -3.10. The van der Waals surface area contributed by atoms with Crippen molar-refractivity contribution < 1.29 is 9.46 Å². The minimum absolute atomic E-state index is 0.379. The molecule has 2 nitrogen and oxygen atoms in total. The molecule has 1 aromatic rings. The van der Waals surface area contributed by atoms with Gasteiger partial charge in [-0.2, -0.15) is 0 Å². The summed E-state index contributed by atoms with van der Waals surface area (Å²) in [6, 6.07) is 7.43. The van der Waals surface area contributed by atoms with E-state index in [0.29, 0.717) is 11.5 Å². The van der Waals surface area contributed by atoms with Crippen LogP contribution in [0, 0.1) is 0 Å². The van der Waals surface area contributed by atoms with Crippen LogP contribution in [-0.4, -0.2) is 11.1 Å². The highest BCUT2D eigenvalue weighted by Gasteiger charge is 2.21. The highest BCUT2D eigenvalue weighted by molar-refractivity contribution is 7.66. The van der Waals surface area contributed by atoms with Crippen LogP contribution in [0.15, 0.2) is 24.3 Å². The van der Waals surface area contributed by atoms with Crippen LogP contribution in [-0.2, 0) is 11.0 Å². The molecule has 1 aromatic carbocycles. The van der Waals surface area contributed by atoms with Crippen molar-refractivity contribution in [3.8, 4) is 0 Å². The van der Waals surface area contributed by atoms with Crippen LogP contribution in [0.5, 0.6) is 0 Å². The smallest absolute Gasteiger partial charge is 0.229 e. The predicted octanol–water partition coefficient (Wildman–Crippen LogP) is 2.55. The van der Waals surface area contributed by atoms with Gasteiger partial charge in [-0.1, -0.05) is 32.0 Å². The summed E-state index contributed by atoms with van der Waals surface area (Å²) in [5, 5.41) is 0.643. The molecule has 0 spiro atoms. The standard InChI is InChI=1S/C11H17O2P/c1-3-9-14(12,13)11-8-6-5-7-10(11)4-2/h5-8H,3-4,9H2,1-2H3,(H,12,13). The van der Waals surface area contributed by atoms with Gasteiger partial charge in [0.05, 0.1) is 0 Å². The summed E-state index contributed by atoms with van der Waals surface area (Å²) in [5.74, 6) is 0. The van der Waals surface area contributed by atoms with E-state index in [1.807, 2.05) is 32.0 Å². The van der Waals surface area contributed by atoms with Gasteiger partial charge in [-0.15, -0.1) is 0 Å². The highest BCUT2D eigenvalue weighted by Crippen LogP contribution is 2.40. The maximum atomic E-state index is 12.0. The number of hydrogen-bond donors (Lipinski definition) is 1. The fourth-order valence-corrected chi connectivity index (χ4v) is 3.42. The molecule has 0 saturated heterocycles. The lowest BCUT2D eigenvalue weighted by Gasteiger charge is -2.14. The molecular formula is C11H17O2P. The first kappa shape index (κ1) is 11.5. The van der Waals surface area contributed by atoms with E-state index in [9.17, 15) is 9.46 Å². The van der Waals surface area contributed by atoms with Crippen molar-refractivity contribution >= 4 is 12.7 Å². The third-order valence-electron chi connectivity index (χ3n) is 2.28. The van der Waals surface area contributed by atoms with E-state index >= 15 is 0 Å². The Kier molecular flexibility index (Phi) is 3.91. The molecule has 0 aliphatic heterocycles. The van der Waals surface area contributed by atoms with Crippen molar-refractivity contribution in [1.82, 2.24) is 0 Å². The summed E-state index contributed by atoms with van der Waals surface area (Å²) in [6.07, 6.45) is 1.93. The van der Waals surface area contributed by atoms with E-state index in [1.54, 1.807) is 6.07 Å². The Hall–Kier alpha value is -0.590. The Bertz CT molecular complexity index is 347. The second kappa shape index (κ2) is 4.77. The van der Waals surface area contributed by atoms with Crippen LogP contribution in [0.4, 0.5) is 0 Å². The summed E-state index contributed by atoms with van der Waals surface area (Å²) in [6.45, 7) is 3.93. The summed E-state index contributed by atoms with van der Waals surface area (Å²) in [5.41, 5.74) is 0.992. The molecule has 0 aliphatic rings. The number of benzene rings is 1. The van der Waals surface area contributed by atoms with Gasteiger partial charge in [0.15, 0.2) is 0 Å². The molecule has 1 rings (SSSR count). The van der Waals surface area contributed by atoms with Crippen molar-refractivity contribution in [2.45, 2.75) is 26.7 Å². The quantitative estimate of drug-likeness (QED) is 0.779. The van der Waals surface area contributed by atoms with Crippen molar-refractivity contribution in [1.29, 1.82) is 0 Å². The molecule has 0 bridgehead atoms. The fourth-order valence-electron chi connectivity index (χ4n) is 1.57. The maximum absolute atomic E-state index is 12.0. The molecule has 3 heteroatoms. The molecule has 0 aromatic heterocycles. The van der Waals surface area contributed by atoms with Gasteiger partial charge in [0, 0.05) is 11.5 Å². The molecule has 0 radical (unpaired) electrons. The summed E-state index contributed by atoms with van der Waals surface area (Å²) in [7, 11) is -3.10. The SMILES string of the molecule is CCCP(=O)(O)c1ccccc1CC. The molecule has 0 amide bonds. The first-order chi connectivity index (χ1) is 6.61. The van der Waals surface area contributed by atoms with Gasteiger partial charge in [-0.05, 0) is 24.5 Å². The van der Waals surface area contributed by atoms with Crippen LogP contribution in [0.1, 0.15) is 25.8 Å². The zero-order valence-corrected chi connectivity index (χ0v) is 9.63. The van der Waals surface area contributed by atoms with Crippen LogP contribution in [0.25, 0.3) is 0 Å². The topological polar surface area (TPSA) is 37.3 Å². The highest BCUT2D eigenvalue weighted by atomic mass is 31.2. The fraction of sp³-hybridized carbons (Fsp3) is 0.455. The monoisotopic (exact) mass is 212 g/mol. The van der Waals surface area contributed by atoms with Gasteiger partial charge < -0.3 is 4.89 Å². The summed E-state index contributed by atoms with van der Waals surface area (Å²) < 4.78 is 12.0. The average molecular weight is 212 g/mol. The van der Waals surface area contributed by atoms with E-state index in [2.05, 4.69) is 0 Å². The van der Waals surface area contributed by atoms with Gasteiger partial charge in [0.25, 0.3) is 0 Å². The van der Waals surface area contributed by atoms with Crippen molar-refractivity contribution in [3.05, 3.63) is 29.8 Å². The Morgan fingerprint density at radius 2 is 1.93 bits per heavy atom. The molecule has 0 heterocycles. The molecule has 1 atom stereocenters. The normalized spacial score (nSPS) is 15.1. The number of aryl methyl sites for hydroxylation is 1. The van der Waals surface area contributed by atoms with E-state index in [1.165, 1.54) is 0 Å². The predicted molar refractivity (Wildman–Crippen MR) is 60.4 cm³/mol. The number of rotatable bonds is 4. The molecule has 0 fully saturated rings. The van der Waals surface area contributed by atoms with E-state index < -0.39 is 7.37 Å². The zero-order valence-electron chi connectivity index (χ0n) is 8.73. The van der Waals surface area contributed by atoms with Crippen molar-refractivity contribution in [2.24, 2.45) is 0 Å². The largest absolute Gasteiger partial charge is 0.341 e. The third kappa shape index (κ3) is 2.46. The lowest BCUT2D eigenvalue weighted by molar-refractivity contribution is 0.488. The second-order valence-electron chi connectivity index (χ2n) is 3.41. The van der Waals surface area contributed by atoms with Crippen LogP contribution in [0.2, 0.25) is 0 Å². The maximum Gasteiger partial charge on any atom is 0.229 e. The number of hydrogen-bond acceptors (Lipinski definition) is 1. The molecule has 0 aliphatic carbocycles. The lowest BCUT2D eigenvalue weighted by Crippen LogP contribution is -2.12. The van der Waals surface area contributed by atoms with E-state index in [-0.39, 0.29) is 0 Å². The van der Waals surface area contributed by atoms with Gasteiger partial charge >= 0.3 is 0 Å². The van der Waals surface area contributed by atoms with E-state index in [4.69, 9.17) is 0 Å². The minimum Gasteiger partial charge on any atom is -0.341 e. The summed E-state index contributed by atoms with van der Waals surface area (Å²) in [4.78, 5) is 9.85. The molecule has 0 saturated carbocycles. The first-order valence-electron chi connectivity index (χ1n) is 5.02. The van der Waals surface area contributed by atoms with Crippen LogP contribution >= 0.6 is 7.37 Å². The summed E-state index contributed by atoms with van der Waals surface area (Å²) >= 11 is 0. The van der Waals surface area contributed by atoms with Gasteiger partial charge in [0.1, 0.15) is 0 Å². The zero-order chi connectivity index (χ0) is 10.6. The van der Waals surface area contributed by atoms with E-state index in [0.717, 1.165) is 18.4 Å². The Morgan fingerprint density at radius 3 is 2.50 bits per heavy atom. The Balaban J connectivity index is 3.11. The lowest BCUT2D eigenvalue weighted by atomic mass is 10.2. The average Bonchev–Trinajstić information content (AvgIpc) is 2.18. The van der Waals surface area contributed by atoms with Crippen molar-refractivity contribution in [2.75, 3.05) is 6.16 Å². The van der Waals surface area contributed by atoms with Gasteiger partial charge in [-0.25, -0.2) is 0 Å². The van der Waals surface area contributed by atoms with Crippen LogP contribution in [0.3, 0.4) is 0 Å². The molecule has 1 unspecified atom stereocenters. The van der Waals surface area contributed by atoms with Crippen LogP contribution < -0.4 is 5.30 Å². The second-order valence-corrected chi connectivity index (χ2v) is 5.74. The Labute approximate surface area is 85.4 Å².